The maximum Gasteiger partial charge on any atom is 0.206 e. The summed E-state index contributed by atoms with van der Waals surface area (Å²) in [6.07, 6.45) is -0.0950. The molecule has 0 spiro atoms. The van der Waals surface area contributed by atoms with Gasteiger partial charge in [0.15, 0.2) is 0 Å². The van der Waals surface area contributed by atoms with Crippen LogP contribution < -0.4 is 10.9 Å². The minimum atomic E-state index is -0.0950. The van der Waals surface area contributed by atoms with Crippen LogP contribution in [0.3, 0.4) is 0 Å². The van der Waals surface area contributed by atoms with E-state index in [-0.39, 0.29) is 6.17 Å². The van der Waals surface area contributed by atoms with Gasteiger partial charge < -0.3 is 0 Å². The van der Waals surface area contributed by atoms with Crippen molar-refractivity contribution in [2.45, 2.75) is 6.17 Å². The maximum absolute atomic E-state index is 4.58. The first kappa shape index (κ1) is 15.9. The predicted molar refractivity (Wildman–Crippen MR) is 112 cm³/mol. The van der Waals surface area contributed by atoms with E-state index in [2.05, 4.69) is 109 Å². The number of hydrogen-bond acceptors (Lipinski definition) is 5. The van der Waals surface area contributed by atoms with Gasteiger partial charge in [-0.05, 0) is 28.5 Å². The molecule has 0 saturated heterocycles. The zero-order valence-electron chi connectivity index (χ0n) is 13.7. The molecule has 5 rings (SSSR count). The van der Waals surface area contributed by atoms with Crippen LogP contribution in [0.25, 0.3) is 16.5 Å². The summed E-state index contributed by atoms with van der Waals surface area (Å²) in [6, 6.07) is 23.1. The van der Waals surface area contributed by atoms with Crippen molar-refractivity contribution in [2.24, 2.45) is 5.10 Å². The van der Waals surface area contributed by atoms with Gasteiger partial charge in [-0.3, -0.25) is 5.43 Å². The zero-order valence-corrected chi connectivity index (χ0v) is 16.1. The highest BCUT2D eigenvalue weighted by Crippen LogP contribution is 2.35. The number of amidine groups is 1. The first-order valence-corrected chi connectivity index (χ1v) is 9.97. The molecule has 1 unspecified atom stereocenters. The number of hydrazone groups is 1. The molecule has 2 heterocycles. The van der Waals surface area contributed by atoms with Crippen LogP contribution in [0.1, 0.15) is 17.3 Å². The summed E-state index contributed by atoms with van der Waals surface area (Å²) in [6.45, 7) is 0. The third-order valence-corrected chi connectivity index (χ3v) is 5.88. The van der Waals surface area contributed by atoms with E-state index in [9.17, 15) is 0 Å². The highest BCUT2D eigenvalue weighted by atomic mass is 79.9. The fourth-order valence-electron chi connectivity index (χ4n) is 3.25. The van der Waals surface area contributed by atoms with Crippen molar-refractivity contribution in [1.29, 1.82) is 0 Å². The van der Waals surface area contributed by atoms with Gasteiger partial charge in [-0.25, -0.2) is 5.01 Å². The van der Waals surface area contributed by atoms with E-state index in [1.165, 1.54) is 16.3 Å². The van der Waals surface area contributed by atoms with Crippen LogP contribution >= 0.6 is 27.7 Å². The van der Waals surface area contributed by atoms with Crippen LogP contribution in [0.5, 0.6) is 0 Å². The number of benzene rings is 3. The number of fused-ring (bicyclic) bond motifs is 2. The van der Waals surface area contributed by atoms with E-state index >= 15 is 0 Å². The van der Waals surface area contributed by atoms with Gasteiger partial charge in [-0.1, -0.05) is 82.3 Å². The Labute approximate surface area is 164 Å². The van der Waals surface area contributed by atoms with Gasteiger partial charge in [0, 0.05) is 15.4 Å². The lowest BCUT2D eigenvalue weighted by molar-refractivity contribution is 0.291. The molecule has 1 atom stereocenters. The molecule has 3 aromatic carbocycles. The Morgan fingerprint density at radius 2 is 1.77 bits per heavy atom. The van der Waals surface area contributed by atoms with Crippen LogP contribution in [0, 0.1) is 0 Å². The third-order valence-electron chi connectivity index (χ3n) is 4.53. The molecule has 0 amide bonds. The van der Waals surface area contributed by atoms with E-state index < -0.39 is 0 Å². The van der Waals surface area contributed by atoms with Crippen molar-refractivity contribution >= 4 is 49.3 Å². The number of rotatable bonds is 2. The van der Waals surface area contributed by atoms with Crippen LogP contribution in [-0.4, -0.2) is 10.2 Å². The highest BCUT2D eigenvalue weighted by molar-refractivity contribution is 9.10. The van der Waals surface area contributed by atoms with Crippen LogP contribution in [0.2, 0.25) is 0 Å². The van der Waals surface area contributed by atoms with Gasteiger partial charge in [0.05, 0.1) is 5.70 Å². The lowest BCUT2D eigenvalue weighted by Gasteiger charge is -2.33. The Hall–Kier alpha value is -2.28. The fourth-order valence-corrected chi connectivity index (χ4v) is 4.34. The average molecular weight is 423 g/mol. The van der Waals surface area contributed by atoms with Crippen LogP contribution in [0.4, 0.5) is 0 Å². The van der Waals surface area contributed by atoms with Crippen LogP contribution in [0.15, 0.2) is 81.7 Å². The molecule has 3 aromatic rings. The molecule has 2 N–H and O–H groups in total. The Morgan fingerprint density at radius 3 is 2.65 bits per heavy atom. The molecule has 128 valence electrons. The van der Waals surface area contributed by atoms with Crippen LogP contribution in [-0.2, 0) is 0 Å². The van der Waals surface area contributed by atoms with Crippen molar-refractivity contribution in [3.05, 3.63) is 87.7 Å². The normalized spacial score (nSPS) is 19.0. The molecule has 0 aromatic heterocycles. The monoisotopic (exact) mass is 422 g/mol. The van der Waals surface area contributed by atoms with E-state index in [1.807, 2.05) is 0 Å². The van der Waals surface area contributed by atoms with E-state index in [0.717, 1.165) is 20.9 Å². The van der Waals surface area contributed by atoms with Crippen molar-refractivity contribution in [1.82, 2.24) is 15.9 Å². The Balaban J connectivity index is 1.50. The summed E-state index contributed by atoms with van der Waals surface area (Å²) < 4.78 is 1.07. The van der Waals surface area contributed by atoms with Gasteiger partial charge in [-0.15, -0.1) is 0 Å². The minimum Gasteiger partial charge on any atom is -0.284 e. The third kappa shape index (κ3) is 2.70. The molecule has 0 fully saturated rings. The maximum atomic E-state index is 4.58. The number of hydrogen-bond donors (Lipinski definition) is 2. The number of halogens is 1. The molecule has 0 saturated carbocycles. The highest BCUT2D eigenvalue weighted by Gasteiger charge is 2.31. The van der Waals surface area contributed by atoms with Crippen molar-refractivity contribution < 1.29 is 0 Å². The quantitative estimate of drug-likeness (QED) is 0.607. The number of hydrazine groups is 1. The first-order chi connectivity index (χ1) is 12.8. The minimum absolute atomic E-state index is 0.0950. The number of nitrogens with one attached hydrogen (secondary N) is 2. The molecule has 0 bridgehead atoms. The summed E-state index contributed by atoms with van der Waals surface area (Å²) in [4.78, 5) is 0. The standard InChI is InChI=1S/C20H15BrN4S/c21-15-10-8-14(9-11-15)18-12-26-20-23-22-19(24-25(18)20)17-7-3-5-13-4-1-2-6-16(13)17/h1-12,19,22,24H. The molecule has 6 heteroatoms. The molecule has 2 aliphatic rings. The molecule has 4 nitrogen and oxygen atoms in total. The van der Waals surface area contributed by atoms with Crippen molar-refractivity contribution in [3.63, 3.8) is 0 Å². The van der Waals surface area contributed by atoms with E-state index in [0.29, 0.717) is 0 Å². The second-order valence-electron chi connectivity index (χ2n) is 6.12. The molecule has 0 radical (unpaired) electrons. The zero-order chi connectivity index (χ0) is 17.5. The molecule has 26 heavy (non-hydrogen) atoms. The summed E-state index contributed by atoms with van der Waals surface area (Å²) in [7, 11) is 0. The van der Waals surface area contributed by atoms with Gasteiger partial charge in [-0.2, -0.15) is 10.5 Å². The SMILES string of the molecule is Brc1ccc(C2=CSC3=NNC(c4cccc5ccccc45)NN23)cc1. The topological polar surface area (TPSA) is 39.7 Å². The first-order valence-electron chi connectivity index (χ1n) is 8.29. The predicted octanol–water partition coefficient (Wildman–Crippen LogP) is 5.03. The summed E-state index contributed by atoms with van der Waals surface area (Å²) >= 11 is 5.11. The van der Waals surface area contributed by atoms with Gasteiger partial charge >= 0.3 is 0 Å². The molecule has 0 aliphatic carbocycles. The van der Waals surface area contributed by atoms with Gasteiger partial charge in [0.1, 0.15) is 6.17 Å². The van der Waals surface area contributed by atoms with E-state index in [4.69, 9.17) is 0 Å². The largest absolute Gasteiger partial charge is 0.284 e. The Bertz CT molecular complexity index is 1040. The number of thioether (sulfide) groups is 1. The molecular weight excluding hydrogens is 408 g/mol. The molecular formula is C20H15BrN4S. The lowest BCUT2D eigenvalue weighted by Crippen LogP contribution is -2.49. The van der Waals surface area contributed by atoms with Gasteiger partial charge in [0.25, 0.3) is 0 Å². The number of nitrogens with zero attached hydrogens (tertiary/aromatic N) is 2. The fraction of sp³-hybridized carbons (Fsp3) is 0.0500. The summed E-state index contributed by atoms with van der Waals surface area (Å²) in [5.74, 6) is 0. The van der Waals surface area contributed by atoms with Crippen molar-refractivity contribution in [2.75, 3.05) is 0 Å². The van der Waals surface area contributed by atoms with E-state index in [1.54, 1.807) is 11.8 Å². The van der Waals surface area contributed by atoms with Gasteiger partial charge in [0.2, 0.25) is 5.17 Å². The van der Waals surface area contributed by atoms with Crippen molar-refractivity contribution in [3.8, 4) is 0 Å². The summed E-state index contributed by atoms with van der Waals surface area (Å²) in [5.41, 5.74) is 10.3. The second kappa shape index (κ2) is 6.46. The smallest absolute Gasteiger partial charge is 0.206 e. The Kier molecular flexibility index (Phi) is 3.96. The Morgan fingerprint density at radius 1 is 0.962 bits per heavy atom. The molecule has 2 aliphatic heterocycles. The average Bonchev–Trinajstić information content (AvgIpc) is 3.11. The summed E-state index contributed by atoms with van der Waals surface area (Å²) in [5, 5.41) is 12.1. The lowest BCUT2D eigenvalue weighted by atomic mass is 10.0. The second-order valence-corrected chi connectivity index (χ2v) is 7.87.